The third-order valence-electron chi connectivity index (χ3n) is 4.21. The summed E-state index contributed by atoms with van der Waals surface area (Å²) in [5.41, 5.74) is 1.85. The molecule has 1 amide bonds. The Labute approximate surface area is 161 Å². The first-order valence-corrected chi connectivity index (χ1v) is 8.77. The van der Waals surface area contributed by atoms with Gasteiger partial charge in [0.1, 0.15) is 12.4 Å². The summed E-state index contributed by atoms with van der Waals surface area (Å²) < 4.78 is 10.9. The summed E-state index contributed by atoms with van der Waals surface area (Å²) in [6.45, 7) is 1.70. The molecule has 2 aromatic carbocycles. The monoisotopic (exact) mass is 384 g/mol. The second kappa shape index (κ2) is 8.11. The van der Waals surface area contributed by atoms with Crippen LogP contribution < -0.4 is 10.1 Å². The molecule has 0 saturated carbocycles. The van der Waals surface area contributed by atoms with E-state index in [1.54, 1.807) is 42.5 Å². The number of nitriles is 1. The molecule has 2 aromatic rings. The molecule has 1 N–H and O–H groups in total. The fourth-order valence-electron chi connectivity index (χ4n) is 2.71. The highest BCUT2D eigenvalue weighted by molar-refractivity contribution is 6.30. The van der Waals surface area contributed by atoms with Crippen LogP contribution in [0, 0.1) is 17.2 Å². The van der Waals surface area contributed by atoms with Gasteiger partial charge in [0.15, 0.2) is 6.10 Å². The third kappa shape index (κ3) is 4.57. The van der Waals surface area contributed by atoms with Crippen molar-refractivity contribution in [1.82, 2.24) is 0 Å². The van der Waals surface area contributed by atoms with Gasteiger partial charge in [0.25, 0.3) is 5.91 Å². The molecule has 27 heavy (non-hydrogen) atoms. The second-order valence-electron chi connectivity index (χ2n) is 6.22. The van der Waals surface area contributed by atoms with E-state index in [0.717, 1.165) is 5.56 Å². The van der Waals surface area contributed by atoms with Gasteiger partial charge in [0, 0.05) is 10.7 Å². The molecular formula is C20H17ClN2O4. The number of nitrogens with one attached hydrogen (secondary N) is 1. The molecule has 0 aliphatic carbocycles. The van der Waals surface area contributed by atoms with Gasteiger partial charge >= 0.3 is 5.97 Å². The van der Waals surface area contributed by atoms with Crippen LogP contribution >= 0.6 is 11.6 Å². The van der Waals surface area contributed by atoms with E-state index in [4.69, 9.17) is 26.3 Å². The molecule has 0 aromatic heterocycles. The van der Waals surface area contributed by atoms with Crippen molar-refractivity contribution in [2.45, 2.75) is 19.4 Å². The number of nitrogens with zero attached hydrogens (tertiary/aromatic N) is 1. The molecule has 1 aliphatic rings. The van der Waals surface area contributed by atoms with E-state index < -0.39 is 23.9 Å². The maximum absolute atomic E-state index is 12.4. The predicted octanol–water partition coefficient (Wildman–Crippen LogP) is 3.33. The van der Waals surface area contributed by atoms with Crippen molar-refractivity contribution < 1.29 is 19.1 Å². The van der Waals surface area contributed by atoms with Gasteiger partial charge in [-0.25, -0.2) is 0 Å². The summed E-state index contributed by atoms with van der Waals surface area (Å²) in [5.74, 6) is -0.743. The van der Waals surface area contributed by atoms with Crippen LogP contribution in [0.2, 0.25) is 5.02 Å². The zero-order valence-electron chi connectivity index (χ0n) is 14.6. The summed E-state index contributed by atoms with van der Waals surface area (Å²) in [4.78, 5) is 24.6. The van der Waals surface area contributed by atoms with Crippen molar-refractivity contribution in [2.24, 2.45) is 5.92 Å². The average Bonchev–Trinajstić information content (AvgIpc) is 2.67. The van der Waals surface area contributed by atoms with Gasteiger partial charge < -0.3 is 14.8 Å². The number of amides is 1. The molecule has 0 radical (unpaired) electrons. The Morgan fingerprint density at radius 1 is 1.30 bits per heavy atom. The molecular weight excluding hydrogens is 368 g/mol. The molecule has 2 atom stereocenters. The normalized spacial score (nSPS) is 16.3. The number of anilines is 1. The molecule has 0 saturated heterocycles. The second-order valence-corrected chi connectivity index (χ2v) is 6.66. The van der Waals surface area contributed by atoms with Gasteiger partial charge in [-0.2, -0.15) is 5.26 Å². The summed E-state index contributed by atoms with van der Waals surface area (Å²) in [6, 6.07) is 13.7. The van der Waals surface area contributed by atoms with Gasteiger partial charge in [-0.15, -0.1) is 0 Å². The van der Waals surface area contributed by atoms with E-state index in [2.05, 4.69) is 5.32 Å². The average molecular weight is 385 g/mol. The number of benzene rings is 2. The summed E-state index contributed by atoms with van der Waals surface area (Å²) in [7, 11) is 0. The first kappa shape index (κ1) is 18.7. The van der Waals surface area contributed by atoms with Gasteiger partial charge in [0.05, 0.1) is 17.6 Å². The number of hydrogen-bond donors (Lipinski definition) is 1. The van der Waals surface area contributed by atoms with Crippen molar-refractivity contribution in [2.75, 3.05) is 11.9 Å². The lowest BCUT2D eigenvalue weighted by Crippen LogP contribution is -2.36. The van der Waals surface area contributed by atoms with Crippen molar-refractivity contribution >= 4 is 29.2 Å². The Balaban J connectivity index is 1.57. The number of hydrogen-bond acceptors (Lipinski definition) is 5. The Hall–Kier alpha value is -3.04. The lowest BCUT2D eigenvalue weighted by Gasteiger charge is -2.25. The highest BCUT2D eigenvalue weighted by Crippen LogP contribution is 2.30. The zero-order chi connectivity index (χ0) is 19.4. The molecule has 138 valence electrons. The molecule has 7 heteroatoms. The maximum atomic E-state index is 12.4. The number of fused-ring (bicyclic) bond motifs is 1. The Kier molecular flexibility index (Phi) is 5.63. The first-order chi connectivity index (χ1) is 13.0. The van der Waals surface area contributed by atoms with Crippen LogP contribution in [0.15, 0.2) is 42.5 Å². The number of carbonyl (C=O) groups is 2. The fourth-order valence-corrected chi connectivity index (χ4v) is 2.91. The Morgan fingerprint density at radius 2 is 2.04 bits per heavy atom. The van der Waals surface area contributed by atoms with Crippen LogP contribution in [0.5, 0.6) is 5.75 Å². The quantitative estimate of drug-likeness (QED) is 0.817. The van der Waals surface area contributed by atoms with Gasteiger partial charge in [-0.1, -0.05) is 11.6 Å². The van der Waals surface area contributed by atoms with Crippen molar-refractivity contribution in [3.8, 4) is 11.8 Å². The number of rotatable bonds is 4. The van der Waals surface area contributed by atoms with E-state index in [9.17, 15) is 9.59 Å². The minimum absolute atomic E-state index is 0.192. The van der Waals surface area contributed by atoms with E-state index in [1.807, 2.05) is 6.07 Å². The number of ether oxygens (including phenoxy) is 2. The SMILES string of the molecule is C[C@@H](OC(=O)[C@H]1COc2ccc(Cl)cc2C1)C(=O)Nc1ccc(C#N)cc1. The number of halogens is 1. The van der Waals surface area contributed by atoms with Crippen LogP contribution in [-0.4, -0.2) is 24.6 Å². The molecule has 3 rings (SSSR count). The fraction of sp³-hybridized carbons (Fsp3) is 0.250. The molecule has 0 bridgehead atoms. The highest BCUT2D eigenvalue weighted by Gasteiger charge is 2.30. The minimum Gasteiger partial charge on any atom is -0.492 e. The van der Waals surface area contributed by atoms with E-state index in [0.29, 0.717) is 28.4 Å². The van der Waals surface area contributed by atoms with Crippen LogP contribution in [0.1, 0.15) is 18.1 Å². The smallest absolute Gasteiger partial charge is 0.313 e. The summed E-state index contributed by atoms with van der Waals surface area (Å²) in [6.07, 6.45) is -0.521. The maximum Gasteiger partial charge on any atom is 0.313 e. The molecule has 1 heterocycles. The predicted molar refractivity (Wildman–Crippen MR) is 99.5 cm³/mol. The molecule has 0 fully saturated rings. The first-order valence-electron chi connectivity index (χ1n) is 8.39. The minimum atomic E-state index is -0.964. The zero-order valence-corrected chi connectivity index (χ0v) is 15.3. The largest absolute Gasteiger partial charge is 0.492 e. The van der Waals surface area contributed by atoms with Gasteiger partial charge in [-0.3, -0.25) is 9.59 Å². The van der Waals surface area contributed by atoms with Crippen LogP contribution in [0.25, 0.3) is 0 Å². The highest BCUT2D eigenvalue weighted by atomic mass is 35.5. The Morgan fingerprint density at radius 3 is 2.74 bits per heavy atom. The van der Waals surface area contributed by atoms with Crippen LogP contribution in [-0.2, 0) is 20.7 Å². The number of esters is 1. The van der Waals surface area contributed by atoms with Crippen molar-refractivity contribution in [3.05, 3.63) is 58.6 Å². The standard InChI is InChI=1S/C20H17ClN2O4/c1-12(19(24)23-17-5-2-13(10-22)3-6-17)27-20(25)15-8-14-9-16(21)4-7-18(14)26-11-15/h2-7,9,12,15H,8,11H2,1H3,(H,23,24)/t12-,15-/m1/s1. The summed E-state index contributed by atoms with van der Waals surface area (Å²) >= 11 is 5.98. The third-order valence-corrected chi connectivity index (χ3v) is 4.44. The molecule has 0 spiro atoms. The molecule has 1 aliphatic heterocycles. The van der Waals surface area contributed by atoms with E-state index in [-0.39, 0.29) is 6.61 Å². The molecule has 6 nitrogen and oxygen atoms in total. The number of carbonyl (C=O) groups excluding carboxylic acids is 2. The van der Waals surface area contributed by atoms with Crippen molar-refractivity contribution in [3.63, 3.8) is 0 Å². The van der Waals surface area contributed by atoms with Gasteiger partial charge in [0.2, 0.25) is 0 Å². The van der Waals surface area contributed by atoms with Crippen LogP contribution in [0.3, 0.4) is 0 Å². The lowest BCUT2D eigenvalue weighted by atomic mass is 9.97. The summed E-state index contributed by atoms with van der Waals surface area (Å²) in [5, 5.41) is 12.0. The Bertz CT molecular complexity index is 905. The van der Waals surface area contributed by atoms with Crippen LogP contribution in [0.4, 0.5) is 5.69 Å². The lowest BCUT2D eigenvalue weighted by molar-refractivity contribution is -0.158. The molecule has 0 unspecified atom stereocenters. The van der Waals surface area contributed by atoms with Gasteiger partial charge in [-0.05, 0) is 61.4 Å². The van der Waals surface area contributed by atoms with E-state index in [1.165, 1.54) is 6.92 Å². The topological polar surface area (TPSA) is 88.4 Å². The van der Waals surface area contributed by atoms with E-state index >= 15 is 0 Å². The van der Waals surface area contributed by atoms with Crippen molar-refractivity contribution in [1.29, 1.82) is 5.26 Å².